The summed E-state index contributed by atoms with van der Waals surface area (Å²) in [5, 5.41) is 11.8. The first-order valence-corrected chi connectivity index (χ1v) is 7.63. The van der Waals surface area contributed by atoms with Crippen molar-refractivity contribution >= 4 is 29.0 Å². The molecular formula is C17H18O3S. The van der Waals surface area contributed by atoms with Crippen LogP contribution in [0.4, 0.5) is 0 Å². The number of aryl methyl sites for hydroxylation is 2. The van der Waals surface area contributed by atoms with E-state index < -0.39 is 0 Å². The number of aromatic hydroxyl groups is 1. The van der Waals surface area contributed by atoms with Gasteiger partial charge in [0, 0.05) is 4.88 Å². The normalized spacial score (nSPS) is 11.5. The molecule has 1 aromatic heterocycles. The molecule has 2 rings (SSSR count). The Morgan fingerprint density at radius 2 is 2.00 bits per heavy atom. The predicted molar refractivity (Wildman–Crippen MR) is 86.4 cm³/mol. The standard InChI is InChI=1S/C17H18O3S/c1-4-20-17(19)14(15-6-5-7-21-15)10-13-8-11(2)16(18)12(3)9-13/h5-10,18H,4H2,1-3H3. The first-order valence-electron chi connectivity index (χ1n) is 6.75. The lowest BCUT2D eigenvalue weighted by atomic mass is 10.0. The third-order valence-corrected chi connectivity index (χ3v) is 4.01. The molecule has 0 spiro atoms. The number of ether oxygens (including phenoxy) is 1. The van der Waals surface area contributed by atoms with Crippen molar-refractivity contribution in [1.82, 2.24) is 0 Å². The highest BCUT2D eigenvalue weighted by Crippen LogP contribution is 2.28. The van der Waals surface area contributed by atoms with Crippen molar-refractivity contribution < 1.29 is 14.6 Å². The van der Waals surface area contributed by atoms with Crippen LogP contribution in [0.3, 0.4) is 0 Å². The monoisotopic (exact) mass is 302 g/mol. The highest BCUT2D eigenvalue weighted by molar-refractivity contribution is 7.11. The highest BCUT2D eigenvalue weighted by atomic mass is 32.1. The molecule has 4 heteroatoms. The number of benzene rings is 1. The van der Waals surface area contributed by atoms with Crippen LogP contribution >= 0.6 is 11.3 Å². The van der Waals surface area contributed by atoms with E-state index in [1.165, 1.54) is 11.3 Å². The first kappa shape index (κ1) is 15.3. The van der Waals surface area contributed by atoms with Gasteiger partial charge in [-0.1, -0.05) is 6.07 Å². The van der Waals surface area contributed by atoms with Gasteiger partial charge in [0.15, 0.2) is 0 Å². The second-order valence-electron chi connectivity index (χ2n) is 4.76. The molecule has 3 nitrogen and oxygen atoms in total. The Morgan fingerprint density at radius 1 is 1.33 bits per heavy atom. The summed E-state index contributed by atoms with van der Waals surface area (Å²) in [6.45, 7) is 5.82. The average Bonchev–Trinajstić information content (AvgIpc) is 2.96. The van der Waals surface area contributed by atoms with E-state index in [9.17, 15) is 9.90 Å². The zero-order valence-electron chi connectivity index (χ0n) is 12.3. The molecule has 0 atom stereocenters. The van der Waals surface area contributed by atoms with E-state index >= 15 is 0 Å². The fourth-order valence-corrected chi connectivity index (χ4v) is 2.84. The van der Waals surface area contributed by atoms with Gasteiger partial charge in [-0.15, -0.1) is 11.3 Å². The van der Waals surface area contributed by atoms with Crippen molar-refractivity contribution in [2.45, 2.75) is 20.8 Å². The molecule has 0 radical (unpaired) electrons. The summed E-state index contributed by atoms with van der Waals surface area (Å²) in [7, 11) is 0. The maximum Gasteiger partial charge on any atom is 0.339 e. The number of hydrogen-bond acceptors (Lipinski definition) is 4. The van der Waals surface area contributed by atoms with Gasteiger partial charge in [-0.2, -0.15) is 0 Å². The number of carbonyl (C=O) groups is 1. The van der Waals surface area contributed by atoms with Crippen LogP contribution in [0.1, 0.15) is 28.5 Å². The van der Waals surface area contributed by atoms with Gasteiger partial charge in [0.2, 0.25) is 0 Å². The number of rotatable bonds is 4. The van der Waals surface area contributed by atoms with Crippen LogP contribution in [0, 0.1) is 13.8 Å². The van der Waals surface area contributed by atoms with E-state index in [4.69, 9.17) is 4.74 Å². The lowest BCUT2D eigenvalue weighted by Gasteiger charge is -2.08. The predicted octanol–water partition coefficient (Wildman–Crippen LogP) is 4.17. The maximum atomic E-state index is 12.1. The summed E-state index contributed by atoms with van der Waals surface area (Å²) in [5.74, 6) is -0.0377. The highest BCUT2D eigenvalue weighted by Gasteiger charge is 2.14. The van der Waals surface area contributed by atoms with Crippen LogP contribution in [0.25, 0.3) is 11.6 Å². The van der Waals surface area contributed by atoms with E-state index in [-0.39, 0.29) is 5.97 Å². The minimum absolute atomic E-state index is 0.293. The smallest absolute Gasteiger partial charge is 0.339 e. The molecule has 0 aliphatic rings. The fraction of sp³-hybridized carbons (Fsp3) is 0.235. The second-order valence-corrected chi connectivity index (χ2v) is 5.71. The zero-order chi connectivity index (χ0) is 15.4. The van der Waals surface area contributed by atoms with Gasteiger partial charge in [0.25, 0.3) is 0 Å². The van der Waals surface area contributed by atoms with Crippen molar-refractivity contribution in [3.05, 3.63) is 51.2 Å². The Hall–Kier alpha value is -2.07. The molecule has 0 fully saturated rings. The van der Waals surface area contributed by atoms with Gasteiger partial charge in [-0.05, 0) is 67.1 Å². The van der Waals surface area contributed by atoms with Gasteiger partial charge in [-0.25, -0.2) is 4.79 Å². The minimum atomic E-state index is -0.330. The van der Waals surface area contributed by atoms with Gasteiger partial charge in [-0.3, -0.25) is 0 Å². The van der Waals surface area contributed by atoms with Crippen LogP contribution < -0.4 is 0 Å². The lowest BCUT2D eigenvalue weighted by Crippen LogP contribution is -2.05. The van der Waals surface area contributed by atoms with E-state index in [0.717, 1.165) is 21.6 Å². The van der Waals surface area contributed by atoms with E-state index in [1.54, 1.807) is 6.92 Å². The molecule has 1 aromatic carbocycles. The Labute approximate surface area is 128 Å². The first-order chi connectivity index (χ1) is 10.0. The number of carbonyl (C=O) groups excluding carboxylic acids is 1. The number of phenols is 1. The summed E-state index contributed by atoms with van der Waals surface area (Å²) >= 11 is 1.50. The SMILES string of the molecule is CCOC(=O)C(=Cc1cc(C)c(O)c(C)c1)c1cccs1. The third kappa shape index (κ3) is 3.52. The van der Waals surface area contributed by atoms with Gasteiger partial charge in [0.05, 0.1) is 12.2 Å². The lowest BCUT2D eigenvalue weighted by molar-refractivity contribution is -0.136. The van der Waals surface area contributed by atoms with Crippen LogP contribution in [-0.4, -0.2) is 17.7 Å². The summed E-state index contributed by atoms with van der Waals surface area (Å²) in [6.07, 6.45) is 1.81. The largest absolute Gasteiger partial charge is 0.507 e. The number of thiophene rings is 1. The van der Waals surface area contributed by atoms with Crippen molar-refractivity contribution in [2.24, 2.45) is 0 Å². The molecule has 0 aliphatic heterocycles. The molecule has 2 aromatic rings. The molecule has 0 amide bonds. The van der Waals surface area contributed by atoms with Crippen molar-refractivity contribution in [3.8, 4) is 5.75 Å². The average molecular weight is 302 g/mol. The Balaban J connectivity index is 2.48. The van der Waals surface area contributed by atoms with Crippen molar-refractivity contribution in [3.63, 3.8) is 0 Å². The molecule has 1 heterocycles. The Morgan fingerprint density at radius 3 is 2.52 bits per heavy atom. The van der Waals surface area contributed by atoms with Crippen molar-refractivity contribution in [2.75, 3.05) is 6.61 Å². The molecular weight excluding hydrogens is 284 g/mol. The summed E-state index contributed by atoms with van der Waals surface area (Å²) < 4.78 is 5.13. The topological polar surface area (TPSA) is 46.5 Å². The molecule has 0 saturated heterocycles. The maximum absolute atomic E-state index is 12.1. The molecule has 0 bridgehead atoms. The van der Waals surface area contributed by atoms with Crippen LogP contribution in [-0.2, 0) is 9.53 Å². The quantitative estimate of drug-likeness (QED) is 0.681. The molecule has 110 valence electrons. The van der Waals surface area contributed by atoms with Crippen molar-refractivity contribution in [1.29, 1.82) is 0 Å². The Bertz CT molecular complexity index is 646. The summed E-state index contributed by atoms with van der Waals surface area (Å²) in [5.41, 5.74) is 2.99. The van der Waals surface area contributed by atoms with Crippen LogP contribution in [0.2, 0.25) is 0 Å². The molecule has 1 N–H and O–H groups in total. The van der Waals surface area contributed by atoms with Gasteiger partial charge in [0.1, 0.15) is 5.75 Å². The summed E-state index contributed by atoms with van der Waals surface area (Å²) in [4.78, 5) is 13.0. The third-order valence-electron chi connectivity index (χ3n) is 3.11. The van der Waals surface area contributed by atoms with E-state index in [0.29, 0.717) is 17.9 Å². The molecule has 0 saturated carbocycles. The molecule has 0 aliphatic carbocycles. The minimum Gasteiger partial charge on any atom is -0.507 e. The van der Waals surface area contributed by atoms with Gasteiger partial charge >= 0.3 is 5.97 Å². The second kappa shape index (κ2) is 6.59. The molecule has 0 unspecified atom stereocenters. The number of phenolic OH excluding ortho intramolecular Hbond substituents is 1. The van der Waals surface area contributed by atoms with Gasteiger partial charge < -0.3 is 9.84 Å². The molecule has 21 heavy (non-hydrogen) atoms. The van der Waals surface area contributed by atoms with E-state index in [2.05, 4.69) is 0 Å². The number of esters is 1. The van der Waals surface area contributed by atoms with Crippen LogP contribution in [0.15, 0.2) is 29.6 Å². The van der Waals surface area contributed by atoms with E-state index in [1.807, 2.05) is 49.6 Å². The Kier molecular flexibility index (Phi) is 4.81. The fourth-order valence-electron chi connectivity index (χ4n) is 2.11. The number of hydrogen-bond donors (Lipinski definition) is 1. The van der Waals surface area contributed by atoms with Crippen LogP contribution in [0.5, 0.6) is 5.75 Å². The summed E-state index contributed by atoms with van der Waals surface area (Å²) in [6, 6.07) is 7.51. The zero-order valence-corrected chi connectivity index (χ0v) is 13.2.